The van der Waals surface area contributed by atoms with Gasteiger partial charge in [0.2, 0.25) is 0 Å². The molecule has 3 rings (SSSR count). The van der Waals surface area contributed by atoms with E-state index < -0.39 is 34.0 Å². The van der Waals surface area contributed by atoms with Crippen molar-refractivity contribution >= 4 is 20.9 Å². The Morgan fingerprint density at radius 1 is 1.13 bits per heavy atom. The lowest BCUT2D eigenvalue weighted by atomic mass is 10.2. The monoisotopic (exact) mass is 460 g/mol. The number of ether oxygens (including phenoxy) is 1. The third-order valence-electron chi connectivity index (χ3n) is 4.53. The van der Waals surface area contributed by atoms with Gasteiger partial charge in [-0.05, 0) is 19.9 Å². The molecule has 3 aromatic rings. The Bertz CT molecular complexity index is 1240. The summed E-state index contributed by atoms with van der Waals surface area (Å²) in [5, 5.41) is 0. The summed E-state index contributed by atoms with van der Waals surface area (Å²) in [6.45, 7) is 3.60. The van der Waals surface area contributed by atoms with E-state index in [1.807, 2.05) is 0 Å². The number of fused-ring (bicyclic) bond motifs is 1. The normalized spacial score (nSPS) is 13.0. The van der Waals surface area contributed by atoms with Crippen LogP contribution in [0.5, 0.6) is 5.75 Å². The van der Waals surface area contributed by atoms with Crippen molar-refractivity contribution in [1.82, 2.24) is 19.5 Å². The van der Waals surface area contributed by atoms with E-state index in [0.29, 0.717) is 0 Å². The lowest BCUT2D eigenvalue weighted by Crippen LogP contribution is -2.30. The summed E-state index contributed by atoms with van der Waals surface area (Å²) in [4.78, 5) is 11.5. The number of hydrogen-bond acceptors (Lipinski definition) is 6. The molecule has 0 amide bonds. The number of halogens is 4. The number of pyridine rings is 2. The Morgan fingerprint density at radius 3 is 2.39 bits per heavy atom. The van der Waals surface area contributed by atoms with Gasteiger partial charge in [-0.25, -0.2) is 27.8 Å². The Kier molecular flexibility index (Phi) is 5.72. The Hall–Kier alpha value is -2.76. The van der Waals surface area contributed by atoms with Crippen LogP contribution in [0.2, 0.25) is 0 Å². The molecule has 0 saturated heterocycles. The van der Waals surface area contributed by atoms with Gasteiger partial charge < -0.3 is 9.30 Å². The molecule has 0 saturated carbocycles. The molecule has 7 nitrogen and oxygen atoms in total. The van der Waals surface area contributed by atoms with E-state index in [9.17, 15) is 26.0 Å². The summed E-state index contributed by atoms with van der Waals surface area (Å²) in [5.74, 6) is -0.181. The number of hydrogen-bond donors (Lipinski definition) is 0. The van der Waals surface area contributed by atoms with Crippen molar-refractivity contribution in [2.75, 3.05) is 12.4 Å². The molecule has 0 spiro atoms. The van der Waals surface area contributed by atoms with Gasteiger partial charge in [0.1, 0.15) is 34.3 Å². The maximum atomic E-state index is 13.1. The molecule has 0 N–H and O–H groups in total. The smallest absolute Gasteiger partial charge is 0.433 e. The maximum absolute atomic E-state index is 13.1. The first-order valence-electron chi connectivity index (χ1n) is 9.17. The van der Waals surface area contributed by atoms with Crippen LogP contribution in [0.15, 0.2) is 29.4 Å². The van der Waals surface area contributed by atoms with Crippen molar-refractivity contribution in [2.24, 2.45) is 7.05 Å². The molecule has 12 heteroatoms. The molecular formula is C19H20F4N4O3S. The van der Waals surface area contributed by atoms with E-state index in [0.717, 1.165) is 12.3 Å². The van der Waals surface area contributed by atoms with Crippen molar-refractivity contribution in [1.29, 1.82) is 0 Å². The van der Waals surface area contributed by atoms with Crippen LogP contribution in [0.3, 0.4) is 0 Å². The number of sulfone groups is 1. The van der Waals surface area contributed by atoms with Gasteiger partial charge in [0.15, 0.2) is 15.7 Å². The first-order chi connectivity index (χ1) is 14.3. The molecule has 0 bridgehead atoms. The van der Waals surface area contributed by atoms with Crippen molar-refractivity contribution in [3.8, 4) is 17.3 Å². The second-order valence-corrected chi connectivity index (χ2v) is 9.71. The average Bonchev–Trinajstić information content (AvgIpc) is 3.03. The van der Waals surface area contributed by atoms with Crippen LogP contribution in [0.1, 0.15) is 26.5 Å². The second-order valence-electron chi connectivity index (χ2n) is 7.47. The van der Waals surface area contributed by atoms with E-state index in [4.69, 9.17) is 4.74 Å². The highest BCUT2D eigenvalue weighted by molar-refractivity contribution is 7.91. The minimum atomic E-state index is -4.65. The molecule has 0 aliphatic rings. The molecule has 168 valence electrons. The van der Waals surface area contributed by atoms with Crippen molar-refractivity contribution < 1.29 is 30.7 Å². The molecule has 0 radical (unpaired) electrons. The molecule has 0 aliphatic heterocycles. The number of imidazole rings is 1. The quantitative estimate of drug-likeness (QED) is 0.518. The highest BCUT2D eigenvalue weighted by Gasteiger charge is 2.33. The molecule has 31 heavy (non-hydrogen) atoms. The van der Waals surface area contributed by atoms with Gasteiger partial charge >= 0.3 is 6.18 Å². The molecule has 0 atom stereocenters. The average molecular weight is 460 g/mol. The summed E-state index contributed by atoms with van der Waals surface area (Å²) < 4.78 is 84.5. The largest absolute Gasteiger partial charge is 0.483 e. The van der Waals surface area contributed by atoms with E-state index in [1.54, 1.807) is 0 Å². The molecule has 0 aromatic carbocycles. The van der Waals surface area contributed by atoms with E-state index in [1.165, 1.54) is 44.6 Å². The molecular weight excluding hydrogens is 440 g/mol. The summed E-state index contributed by atoms with van der Waals surface area (Å²) >= 11 is 0. The SMILES string of the molecule is CCS(=O)(=O)c1cc(OC(C)(C)CF)cnc1-c1nc2cc(C(F)(F)F)ncc2n1C. The third-order valence-corrected chi connectivity index (χ3v) is 6.27. The summed E-state index contributed by atoms with van der Waals surface area (Å²) in [5.41, 5.74) is -2.12. The first kappa shape index (κ1) is 22.9. The van der Waals surface area contributed by atoms with Gasteiger partial charge in [-0.2, -0.15) is 13.2 Å². The third kappa shape index (κ3) is 4.48. The van der Waals surface area contributed by atoms with Gasteiger partial charge in [-0.15, -0.1) is 0 Å². The van der Waals surface area contributed by atoms with Crippen LogP contribution in [0.4, 0.5) is 17.6 Å². The Morgan fingerprint density at radius 2 is 1.81 bits per heavy atom. The van der Waals surface area contributed by atoms with Crippen molar-refractivity contribution in [3.05, 3.63) is 30.2 Å². The van der Waals surface area contributed by atoms with Crippen LogP contribution >= 0.6 is 0 Å². The number of aromatic nitrogens is 4. The second kappa shape index (κ2) is 7.74. The zero-order chi connectivity index (χ0) is 23.2. The predicted octanol–water partition coefficient (Wildman–Crippen LogP) is 3.97. The number of rotatable bonds is 6. The van der Waals surface area contributed by atoms with Gasteiger partial charge in [0.05, 0.1) is 29.2 Å². The molecule has 3 heterocycles. The minimum Gasteiger partial charge on any atom is -0.483 e. The highest BCUT2D eigenvalue weighted by atomic mass is 32.2. The molecule has 0 unspecified atom stereocenters. The van der Waals surface area contributed by atoms with E-state index in [-0.39, 0.29) is 38.9 Å². The fourth-order valence-electron chi connectivity index (χ4n) is 2.84. The lowest BCUT2D eigenvalue weighted by Gasteiger charge is -2.23. The standard InChI is InChI=1S/C19H20F4N4O3S/c1-5-31(28,29)14-6-11(30-18(2,3)10-20)8-25-16(14)17-26-12-7-15(19(21,22)23)24-9-13(12)27(17)4/h6-9H,5,10H2,1-4H3. The molecule has 0 aliphatic carbocycles. The van der Waals surface area contributed by atoms with Crippen LogP contribution in [-0.4, -0.2) is 46.0 Å². The first-order valence-corrected chi connectivity index (χ1v) is 10.8. The van der Waals surface area contributed by atoms with Crippen LogP contribution in [-0.2, 0) is 23.1 Å². The highest BCUT2D eigenvalue weighted by Crippen LogP contribution is 2.34. The predicted molar refractivity (Wildman–Crippen MR) is 105 cm³/mol. The summed E-state index contributed by atoms with van der Waals surface area (Å²) in [6.07, 6.45) is -2.41. The molecule has 3 aromatic heterocycles. The van der Waals surface area contributed by atoms with Gasteiger partial charge in [0, 0.05) is 13.1 Å². The fourth-order valence-corrected chi connectivity index (χ4v) is 3.89. The van der Waals surface area contributed by atoms with E-state index >= 15 is 0 Å². The minimum absolute atomic E-state index is 0.0136. The van der Waals surface area contributed by atoms with Gasteiger partial charge in [-0.3, -0.25) is 0 Å². The van der Waals surface area contributed by atoms with Crippen molar-refractivity contribution in [3.63, 3.8) is 0 Å². The summed E-state index contributed by atoms with van der Waals surface area (Å²) in [7, 11) is -2.32. The van der Waals surface area contributed by atoms with Gasteiger partial charge in [-0.1, -0.05) is 6.92 Å². The Balaban J connectivity index is 2.22. The van der Waals surface area contributed by atoms with Gasteiger partial charge in [0.25, 0.3) is 0 Å². The maximum Gasteiger partial charge on any atom is 0.433 e. The number of nitrogens with zero attached hydrogens (tertiary/aromatic N) is 4. The van der Waals surface area contributed by atoms with Crippen molar-refractivity contribution in [2.45, 2.75) is 37.4 Å². The summed E-state index contributed by atoms with van der Waals surface area (Å²) in [6, 6.07) is 2.01. The van der Waals surface area contributed by atoms with Crippen LogP contribution < -0.4 is 4.74 Å². The fraction of sp³-hybridized carbons (Fsp3) is 0.421. The van der Waals surface area contributed by atoms with E-state index in [2.05, 4.69) is 15.0 Å². The van der Waals surface area contributed by atoms with Crippen LogP contribution in [0.25, 0.3) is 22.6 Å². The lowest BCUT2D eigenvalue weighted by molar-refractivity contribution is -0.141. The molecule has 0 fully saturated rings. The number of aryl methyl sites for hydroxylation is 1. The number of alkyl halides is 4. The topological polar surface area (TPSA) is 87.0 Å². The zero-order valence-corrected chi connectivity index (χ0v) is 18.0. The van der Waals surface area contributed by atoms with Crippen LogP contribution in [0, 0.1) is 0 Å². The Labute approximate surface area is 176 Å². The zero-order valence-electron chi connectivity index (χ0n) is 17.2.